The molecule has 0 aromatic carbocycles. The number of rotatable bonds is 5. The van der Waals surface area contributed by atoms with Gasteiger partial charge in [0.05, 0.1) is 18.3 Å². The van der Waals surface area contributed by atoms with Crippen LogP contribution in [0.15, 0.2) is 0 Å². The second-order valence-corrected chi connectivity index (χ2v) is 9.46. The van der Waals surface area contributed by atoms with Crippen molar-refractivity contribution in [3.8, 4) is 0 Å². The molecule has 0 aromatic rings. The number of hydrogen-bond donors (Lipinski definition) is 0. The molecule has 3 aliphatic heterocycles. The lowest BCUT2D eigenvalue weighted by Crippen LogP contribution is -2.57. The summed E-state index contributed by atoms with van der Waals surface area (Å²) >= 11 is 0. The molecule has 3 saturated heterocycles. The molecule has 0 saturated carbocycles. The minimum absolute atomic E-state index is 0.103. The lowest BCUT2D eigenvalue weighted by Gasteiger charge is -2.40. The quantitative estimate of drug-likeness (QED) is 0.682. The number of amides is 1. The predicted octanol–water partition coefficient (Wildman–Crippen LogP) is 0.444. The normalized spacial score (nSPS) is 32.1. The Kier molecular flexibility index (Phi) is 6.55. The fourth-order valence-corrected chi connectivity index (χ4v) is 5.71. The summed E-state index contributed by atoms with van der Waals surface area (Å²) in [5, 5.41) is 0. The monoisotopic (exact) mass is 389 g/mol. The van der Waals surface area contributed by atoms with Gasteiger partial charge in [-0.2, -0.15) is 17.0 Å². The van der Waals surface area contributed by atoms with Crippen LogP contribution in [0, 0.1) is 0 Å². The molecular weight excluding hydrogens is 358 g/mol. The number of carbonyl (C=O) groups is 1. The fraction of sp³-hybridized carbons (Fsp3) is 0.941. The van der Waals surface area contributed by atoms with Gasteiger partial charge < -0.3 is 14.4 Å². The Morgan fingerprint density at radius 2 is 1.69 bits per heavy atom. The van der Waals surface area contributed by atoms with Crippen LogP contribution in [0.2, 0.25) is 0 Å². The first kappa shape index (κ1) is 20.0. The van der Waals surface area contributed by atoms with Crippen molar-refractivity contribution in [3.05, 3.63) is 0 Å². The smallest absolute Gasteiger partial charge is 0.282 e. The van der Waals surface area contributed by atoms with Crippen molar-refractivity contribution >= 4 is 16.1 Å². The lowest BCUT2D eigenvalue weighted by molar-refractivity contribution is -0.133. The fourth-order valence-electron chi connectivity index (χ4n) is 3.97. The molecule has 150 valence electrons. The first-order valence-corrected chi connectivity index (χ1v) is 11.1. The van der Waals surface area contributed by atoms with Crippen LogP contribution < -0.4 is 0 Å². The van der Waals surface area contributed by atoms with Crippen molar-refractivity contribution < 1.29 is 22.7 Å². The van der Waals surface area contributed by atoms with Gasteiger partial charge in [-0.3, -0.25) is 4.79 Å². The standard InChI is InChI=1S/C17H31N3O5S/c1-14-12-20(13-15(2)25-14)26(22,23)19-9-7-18(8-10-19)17(21)6-5-16-4-3-11-24-16/h14-16H,3-13H2,1-2H3. The number of morpholine rings is 1. The second-order valence-electron chi connectivity index (χ2n) is 7.54. The van der Waals surface area contributed by atoms with Crippen LogP contribution in [0.3, 0.4) is 0 Å². The highest BCUT2D eigenvalue weighted by atomic mass is 32.2. The van der Waals surface area contributed by atoms with Gasteiger partial charge in [0, 0.05) is 52.3 Å². The topological polar surface area (TPSA) is 79.4 Å². The molecule has 3 unspecified atom stereocenters. The van der Waals surface area contributed by atoms with E-state index in [1.165, 1.54) is 8.61 Å². The summed E-state index contributed by atoms with van der Waals surface area (Å²) in [6, 6.07) is 0. The molecule has 0 spiro atoms. The van der Waals surface area contributed by atoms with E-state index in [2.05, 4.69) is 0 Å². The highest BCUT2D eigenvalue weighted by molar-refractivity contribution is 7.86. The zero-order valence-electron chi connectivity index (χ0n) is 15.8. The number of nitrogens with zero attached hydrogens (tertiary/aromatic N) is 3. The van der Waals surface area contributed by atoms with Crippen molar-refractivity contribution in [3.63, 3.8) is 0 Å². The first-order chi connectivity index (χ1) is 12.4. The Labute approximate surface area is 156 Å². The highest BCUT2D eigenvalue weighted by Crippen LogP contribution is 2.20. The maximum Gasteiger partial charge on any atom is 0.282 e. The van der Waals surface area contributed by atoms with Crippen molar-refractivity contribution in [1.82, 2.24) is 13.5 Å². The summed E-state index contributed by atoms with van der Waals surface area (Å²) in [6.07, 6.45) is 3.37. The Bertz CT molecular complexity index is 575. The molecule has 3 aliphatic rings. The van der Waals surface area contributed by atoms with Crippen LogP contribution in [0.25, 0.3) is 0 Å². The zero-order valence-corrected chi connectivity index (χ0v) is 16.6. The number of hydrogen-bond acceptors (Lipinski definition) is 5. The van der Waals surface area contributed by atoms with Crippen LogP contribution in [0.5, 0.6) is 0 Å². The van der Waals surface area contributed by atoms with Crippen LogP contribution in [-0.4, -0.2) is 92.0 Å². The molecule has 26 heavy (non-hydrogen) atoms. The van der Waals surface area contributed by atoms with Crippen LogP contribution in [0.1, 0.15) is 39.5 Å². The number of piperazine rings is 1. The minimum Gasteiger partial charge on any atom is -0.378 e. The van der Waals surface area contributed by atoms with Crippen molar-refractivity contribution in [2.24, 2.45) is 0 Å². The van der Waals surface area contributed by atoms with E-state index in [9.17, 15) is 13.2 Å². The molecule has 3 heterocycles. The van der Waals surface area contributed by atoms with E-state index in [-0.39, 0.29) is 24.2 Å². The van der Waals surface area contributed by atoms with Crippen molar-refractivity contribution in [2.45, 2.75) is 57.8 Å². The average Bonchev–Trinajstić information content (AvgIpc) is 3.12. The van der Waals surface area contributed by atoms with Crippen LogP contribution >= 0.6 is 0 Å². The van der Waals surface area contributed by atoms with Gasteiger partial charge in [0.25, 0.3) is 10.2 Å². The van der Waals surface area contributed by atoms with E-state index in [0.717, 1.165) is 25.9 Å². The zero-order chi connectivity index (χ0) is 18.7. The Hall–Kier alpha value is -0.740. The van der Waals surface area contributed by atoms with Gasteiger partial charge >= 0.3 is 0 Å². The van der Waals surface area contributed by atoms with Gasteiger partial charge in [0.1, 0.15) is 0 Å². The van der Waals surface area contributed by atoms with Gasteiger partial charge in [-0.05, 0) is 33.1 Å². The molecule has 0 aromatic heterocycles. The van der Waals surface area contributed by atoms with E-state index in [1.807, 2.05) is 13.8 Å². The van der Waals surface area contributed by atoms with Gasteiger partial charge in [0.2, 0.25) is 5.91 Å². The molecule has 0 aliphatic carbocycles. The van der Waals surface area contributed by atoms with E-state index in [1.54, 1.807) is 4.90 Å². The Morgan fingerprint density at radius 3 is 2.27 bits per heavy atom. The Balaban J connectivity index is 1.48. The van der Waals surface area contributed by atoms with Crippen LogP contribution in [-0.2, 0) is 24.5 Å². The molecule has 0 bridgehead atoms. The third-order valence-electron chi connectivity index (χ3n) is 5.33. The summed E-state index contributed by atoms with van der Waals surface area (Å²) in [7, 11) is -3.50. The number of carbonyl (C=O) groups excluding carboxylic acids is 1. The molecule has 3 atom stereocenters. The summed E-state index contributed by atoms with van der Waals surface area (Å²) in [5.41, 5.74) is 0. The summed E-state index contributed by atoms with van der Waals surface area (Å²) < 4.78 is 40.0. The largest absolute Gasteiger partial charge is 0.378 e. The van der Waals surface area contributed by atoms with E-state index in [4.69, 9.17) is 9.47 Å². The predicted molar refractivity (Wildman–Crippen MR) is 96.9 cm³/mol. The van der Waals surface area contributed by atoms with E-state index < -0.39 is 10.2 Å². The lowest BCUT2D eigenvalue weighted by atomic mass is 10.1. The van der Waals surface area contributed by atoms with E-state index in [0.29, 0.717) is 45.7 Å². The maximum absolute atomic E-state index is 12.9. The summed E-state index contributed by atoms with van der Waals surface area (Å²) in [5.74, 6) is 0.103. The van der Waals surface area contributed by atoms with Crippen LogP contribution in [0.4, 0.5) is 0 Å². The van der Waals surface area contributed by atoms with Crippen molar-refractivity contribution in [2.75, 3.05) is 45.9 Å². The first-order valence-electron chi connectivity index (χ1n) is 9.66. The molecule has 0 N–H and O–H groups in total. The molecule has 1 amide bonds. The van der Waals surface area contributed by atoms with Gasteiger partial charge in [-0.15, -0.1) is 0 Å². The molecule has 9 heteroatoms. The molecular formula is C17H31N3O5S. The summed E-state index contributed by atoms with van der Waals surface area (Å²) in [6.45, 7) is 6.97. The molecule has 3 fully saturated rings. The molecule has 0 radical (unpaired) electrons. The minimum atomic E-state index is -3.50. The summed E-state index contributed by atoms with van der Waals surface area (Å²) in [4.78, 5) is 14.2. The maximum atomic E-state index is 12.9. The third-order valence-corrected chi connectivity index (χ3v) is 7.30. The van der Waals surface area contributed by atoms with Gasteiger partial charge in [0.15, 0.2) is 0 Å². The van der Waals surface area contributed by atoms with E-state index >= 15 is 0 Å². The number of ether oxygens (including phenoxy) is 2. The molecule has 8 nitrogen and oxygen atoms in total. The Morgan fingerprint density at radius 1 is 1.04 bits per heavy atom. The average molecular weight is 390 g/mol. The van der Waals surface area contributed by atoms with Gasteiger partial charge in [-0.25, -0.2) is 0 Å². The van der Waals surface area contributed by atoms with Crippen molar-refractivity contribution in [1.29, 1.82) is 0 Å². The van der Waals surface area contributed by atoms with Gasteiger partial charge in [-0.1, -0.05) is 0 Å². The highest BCUT2D eigenvalue weighted by Gasteiger charge is 2.37. The SMILES string of the molecule is CC1CN(S(=O)(=O)N2CCN(C(=O)CCC3CCCO3)CC2)CC(C)O1. The second kappa shape index (κ2) is 8.52. The molecule has 3 rings (SSSR count). The third kappa shape index (κ3) is 4.75.